The number of amides is 1. The topological polar surface area (TPSA) is 87.8 Å². The van der Waals surface area contributed by atoms with Crippen molar-refractivity contribution >= 4 is 34.7 Å². The van der Waals surface area contributed by atoms with Gasteiger partial charge in [0.05, 0.1) is 30.2 Å². The molecule has 1 saturated heterocycles. The average Bonchev–Trinajstić information content (AvgIpc) is 3.33. The minimum Gasteiger partial charge on any atom is -0.325 e. The first-order valence-corrected chi connectivity index (χ1v) is 13.9. The van der Waals surface area contributed by atoms with Gasteiger partial charge in [-0.15, -0.1) is 10.2 Å². The minimum atomic E-state index is -0.0968. The smallest absolute Gasteiger partial charge is 0.234 e. The number of benzene rings is 3. The molecule has 0 saturated carbocycles. The Morgan fingerprint density at radius 3 is 2.16 bits per heavy atom. The molecule has 2 heterocycles. The van der Waals surface area contributed by atoms with E-state index >= 15 is 0 Å². The maximum absolute atomic E-state index is 12.7. The maximum Gasteiger partial charge on any atom is 0.234 e. The first kappa shape index (κ1) is 25.8. The number of rotatable bonds is 10. The summed E-state index contributed by atoms with van der Waals surface area (Å²) in [6.45, 7) is 3.64. The summed E-state index contributed by atoms with van der Waals surface area (Å²) < 4.78 is 2.15. The molecule has 1 amide bonds. The van der Waals surface area contributed by atoms with E-state index in [0.717, 1.165) is 42.0 Å². The van der Waals surface area contributed by atoms with Crippen molar-refractivity contribution in [2.24, 2.45) is 10.2 Å². The van der Waals surface area contributed by atoms with Gasteiger partial charge in [0, 0.05) is 5.69 Å². The third-order valence-corrected chi connectivity index (χ3v) is 7.28. The van der Waals surface area contributed by atoms with Gasteiger partial charge in [-0.05, 0) is 67.9 Å². The molecule has 3 aromatic carbocycles. The highest BCUT2D eigenvalue weighted by Crippen LogP contribution is 2.23. The number of carbonyl (C=O) groups is 1. The number of thioether (sulfide) groups is 1. The van der Waals surface area contributed by atoms with Crippen LogP contribution in [-0.4, -0.2) is 44.4 Å². The van der Waals surface area contributed by atoms with E-state index in [0.29, 0.717) is 12.2 Å². The van der Waals surface area contributed by atoms with E-state index in [4.69, 9.17) is 0 Å². The fourth-order valence-electron chi connectivity index (χ4n) is 4.33. The Morgan fingerprint density at radius 2 is 1.45 bits per heavy atom. The predicted octanol–water partition coefficient (Wildman–Crippen LogP) is 6.46. The summed E-state index contributed by atoms with van der Waals surface area (Å²) in [6, 6.07) is 27.2. The lowest BCUT2D eigenvalue weighted by molar-refractivity contribution is -0.113. The van der Waals surface area contributed by atoms with Crippen LogP contribution in [0.1, 0.15) is 30.7 Å². The third-order valence-electron chi connectivity index (χ3n) is 6.31. The highest BCUT2D eigenvalue weighted by Gasteiger charge is 2.18. The zero-order valence-corrected chi connectivity index (χ0v) is 22.1. The van der Waals surface area contributed by atoms with Crippen LogP contribution in [0.5, 0.6) is 0 Å². The van der Waals surface area contributed by atoms with Crippen LogP contribution in [0.25, 0.3) is 0 Å². The first-order chi connectivity index (χ1) is 18.7. The molecule has 0 spiro atoms. The second-order valence-corrected chi connectivity index (χ2v) is 10.2. The monoisotopic (exact) mass is 525 g/mol. The van der Waals surface area contributed by atoms with E-state index in [1.807, 2.05) is 72.8 Å². The molecule has 4 aromatic rings. The zero-order valence-electron chi connectivity index (χ0n) is 21.2. The van der Waals surface area contributed by atoms with Crippen LogP contribution in [0.2, 0.25) is 0 Å². The fraction of sp³-hybridized carbons (Fsp3) is 0.276. The van der Waals surface area contributed by atoms with E-state index in [2.05, 4.69) is 47.3 Å². The van der Waals surface area contributed by atoms with Crippen molar-refractivity contribution in [2.75, 3.05) is 24.2 Å². The van der Waals surface area contributed by atoms with Crippen molar-refractivity contribution < 1.29 is 4.79 Å². The number of piperidine rings is 1. The quantitative estimate of drug-likeness (QED) is 0.190. The van der Waals surface area contributed by atoms with Crippen molar-refractivity contribution in [3.63, 3.8) is 0 Å². The van der Waals surface area contributed by atoms with E-state index in [-0.39, 0.29) is 11.7 Å². The van der Waals surface area contributed by atoms with Gasteiger partial charge >= 0.3 is 0 Å². The van der Waals surface area contributed by atoms with Crippen LogP contribution in [0, 0.1) is 0 Å². The fourth-order valence-corrected chi connectivity index (χ4v) is 5.09. The lowest BCUT2D eigenvalue weighted by Crippen LogP contribution is -2.30. The highest BCUT2D eigenvalue weighted by atomic mass is 32.2. The summed E-state index contributed by atoms with van der Waals surface area (Å²) in [5, 5.41) is 21.2. The standard InChI is InChI=1S/C29H31N7OS/c37-28(30-24-14-16-26(17-15-24)32-31-25-12-6-2-7-13-25)22-38-29-34-33-27(21-35-18-8-3-9-19-35)36(29)20-23-10-4-1-5-11-23/h1-2,4-7,10-17H,3,8-9,18-22H2,(H,30,37). The number of hydrogen-bond donors (Lipinski definition) is 1. The second kappa shape index (κ2) is 13.1. The summed E-state index contributed by atoms with van der Waals surface area (Å²) in [5.41, 5.74) is 3.41. The van der Waals surface area contributed by atoms with Gasteiger partial charge in [-0.1, -0.05) is 66.7 Å². The molecule has 0 radical (unpaired) electrons. The molecule has 0 bridgehead atoms. The van der Waals surface area contributed by atoms with E-state index in [1.54, 1.807) is 0 Å². The molecule has 0 atom stereocenters. The van der Waals surface area contributed by atoms with E-state index in [1.165, 1.54) is 36.6 Å². The molecule has 0 unspecified atom stereocenters. The van der Waals surface area contributed by atoms with Crippen LogP contribution in [0.15, 0.2) is 100 Å². The van der Waals surface area contributed by atoms with Crippen molar-refractivity contribution in [3.05, 3.63) is 96.3 Å². The number of nitrogens with zero attached hydrogens (tertiary/aromatic N) is 6. The van der Waals surface area contributed by atoms with Crippen LogP contribution in [0.3, 0.4) is 0 Å². The van der Waals surface area contributed by atoms with Crippen molar-refractivity contribution in [2.45, 2.75) is 37.5 Å². The lowest BCUT2D eigenvalue weighted by Gasteiger charge is -2.26. The molecule has 1 aliphatic rings. The summed E-state index contributed by atoms with van der Waals surface area (Å²) in [4.78, 5) is 15.2. The number of azo groups is 1. The summed E-state index contributed by atoms with van der Waals surface area (Å²) in [7, 11) is 0. The predicted molar refractivity (Wildman–Crippen MR) is 151 cm³/mol. The van der Waals surface area contributed by atoms with Crippen molar-refractivity contribution in [1.82, 2.24) is 19.7 Å². The summed E-state index contributed by atoms with van der Waals surface area (Å²) in [6.07, 6.45) is 3.75. The molecule has 38 heavy (non-hydrogen) atoms. The Kier molecular flexibility index (Phi) is 8.91. The molecule has 1 aliphatic heterocycles. The van der Waals surface area contributed by atoms with Gasteiger partial charge in [0.15, 0.2) is 5.16 Å². The summed E-state index contributed by atoms with van der Waals surface area (Å²) in [5.74, 6) is 1.09. The van der Waals surface area contributed by atoms with Gasteiger partial charge in [0.25, 0.3) is 0 Å². The number of hydrogen-bond acceptors (Lipinski definition) is 7. The molecule has 1 N–H and O–H groups in total. The number of nitrogens with one attached hydrogen (secondary N) is 1. The van der Waals surface area contributed by atoms with Crippen molar-refractivity contribution in [1.29, 1.82) is 0 Å². The van der Waals surface area contributed by atoms with Gasteiger partial charge in [-0.2, -0.15) is 10.2 Å². The van der Waals surface area contributed by atoms with Crippen LogP contribution >= 0.6 is 11.8 Å². The van der Waals surface area contributed by atoms with Gasteiger partial charge in [0.2, 0.25) is 5.91 Å². The van der Waals surface area contributed by atoms with Gasteiger partial charge in [-0.25, -0.2) is 0 Å². The Morgan fingerprint density at radius 1 is 0.789 bits per heavy atom. The van der Waals surface area contributed by atoms with Gasteiger partial charge in [0.1, 0.15) is 5.82 Å². The Labute approximate surface area is 227 Å². The largest absolute Gasteiger partial charge is 0.325 e. The second-order valence-electron chi connectivity index (χ2n) is 9.23. The van der Waals surface area contributed by atoms with E-state index < -0.39 is 0 Å². The molecule has 194 valence electrons. The number of carbonyl (C=O) groups excluding carboxylic acids is 1. The van der Waals surface area contributed by atoms with Gasteiger partial charge in [-0.3, -0.25) is 9.69 Å². The van der Waals surface area contributed by atoms with Crippen LogP contribution < -0.4 is 5.32 Å². The lowest BCUT2D eigenvalue weighted by atomic mass is 10.1. The van der Waals surface area contributed by atoms with E-state index in [9.17, 15) is 4.79 Å². The molecular formula is C29H31N7OS. The Balaban J connectivity index is 1.20. The first-order valence-electron chi connectivity index (χ1n) is 12.9. The van der Waals surface area contributed by atoms with Crippen molar-refractivity contribution in [3.8, 4) is 0 Å². The number of likely N-dealkylation sites (tertiary alicyclic amines) is 1. The Hall–Kier alpha value is -3.82. The zero-order chi connectivity index (χ0) is 26.0. The average molecular weight is 526 g/mol. The summed E-state index contributed by atoms with van der Waals surface area (Å²) >= 11 is 1.41. The molecule has 1 aromatic heterocycles. The minimum absolute atomic E-state index is 0.0968. The number of anilines is 1. The van der Waals surface area contributed by atoms with Crippen LogP contribution in [-0.2, 0) is 17.9 Å². The molecule has 1 fully saturated rings. The molecule has 9 heteroatoms. The molecule has 0 aliphatic carbocycles. The number of aromatic nitrogens is 3. The normalized spacial score (nSPS) is 14.1. The molecule has 8 nitrogen and oxygen atoms in total. The van der Waals surface area contributed by atoms with Gasteiger partial charge < -0.3 is 9.88 Å². The third kappa shape index (κ3) is 7.36. The highest BCUT2D eigenvalue weighted by molar-refractivity contribution is 7.99. The SMILES string of the molecule is O=C(CSc1nnc(CN2CCCCC2)n1Cc1ccccc1)Nc1ccc(N=Nc2ccccc2)cc1. The molecular weight excluding hydrogens is 494 g/mol. The maximum atomic E-state index is 12.7. The Bertz CT molecular complexity index is 1330. The van der Waals surface area contributed by atoms with Crippen LogP contribution in [0.4, 0.5) is 17.1 Å². The molecule has 5 rings (SSSR count).